The Morgan fingerprint density at radius 2 is 2.27 bits per heavy atom. The number of hydrogen-bond donors (Lipinski definition) is 1. The number of ether oxygens (including phenoxy) is 1. The highest BCUT2D eigenvalue weighted by Gasteiger charge is 2.19. The van der Waals surface area contributed by atoms with Gasteiger partial charge in [0.05, 0.1) is 6.61 Å². The maximum absolute atomic E-state index is 12.9. The molecule has 80 valence electrons. The summed E-state index contributed by atoms with van der Waals surface area (Å²) >= 11 is 0. The van der Waals surface area contributed by atoms with Crippen molar-refractivity contribution in [3.63, 3.8) is 0 Å². The smallest absolute Gasteiger partial charge is 0.136 e. The average Bonchev–Trinajstić information content (AvgIpc) is 2.69. The second-order valence-corrected chi connectivity index (χ2v) is 3.65. The van der Waals surface area contributed by atoms with E-state index in [1.165, 1.54) is 12.1 Å². The zero-order chi connectivity index (χ0) is 10.8. The third-order valence-electron chi connectivity index (χ3n) is 2.53. The van der Waals surface area contributed by atoms with Crippen LogP contribution in [0.15, 0.2) is 30.0 Å². The lowest BCUT2D eigenvalue weighted by Crippen LogP contribution is -2.04. The van der Waals surface area contributed by atoms with Gasteiger partial charge in [-0.1, -0.05) is 6.07 Å². The summed E-state index contributed by atoms with van der Waals surface area (Å²) in [7, 11) is 0. The minimum Gasteiger partial charge on any atom is -0.495 e. The Labute approximate surface area is 88.0 Å². The molecule has 1 aliphatic heterocycles. The molecule has 0 saturated carbocycles. The van der Waals surface area contributed by atoms with E-state index in [-0.39, 0.29) is 5.82 Å². The normalized spacial score (nSPS) is 17.1. The molecular formula is C12H13FO2. The highest BCUT2D eigenvalue weighted by molar-refractivity contribution is 5.32. The van der Waals surface area contributed by atoms with Crippen LogP contribution in [0.1, 0.15) is 23.7 Å². The fraction of sp³-hybridized carbons (Fsp3) is 0.333. The molecule has 0 aromatic heterocycles. The maximum Gasteiger partial charge on any atom is 0.136 e. The molecule has 3 heteroatoms. The summed E-state index contributed by atoms with van der Waals surface area (Å²) in [5.74, 6) is 0.287. The molecule has 0 amide bonds. The van der Waals surface area contributed by atoms with E-state index in [2.05, 4.69) is 0 Å². The summed E-state index contributed by atoms with van der Waals surface area (Å²) in [4.78, 5) is 0. The van der Waals surface area contributed by atoms with E-state index in [0.29, 0.717) is 17.9 Å². The van der Waals surface area contributed by atoms with Gasteiger partial charge >= 0.3 is 0 Å². The Bertz CT molecular complexity index is 399. The number of benzene rings is 1. The van der Waals surface area contributed by atoms with Crippen LogP contribution in [0.2, 0.25) is 0 Å². The molecule has 1 heterocycles. The van der Waals surface area contributed by atoms with Crippen molar-refractivity contribution in [3.05, 3.63) is 47.0 Å². The zero-order valence-electron chi connectivity index (χ0n) is 8.53. The average molecular weight is 208 g/mol. The van der Waals surface area contributed by atoms with E-state index in [0.717, 1.165) is 12.0 Å². The van der Waals surface area contributed by atoms with Crippen LogP contribution >= 0.6 is 0 Å². The van der Waals surface area contributed by atoms with E-state index in [4.69, 9.17) is 4.74 Å². The number of aryl methyl sites for hydroxylation is 1. The third-order valence-corrected chi connectivity index (χ3v) is 2.53. The predicted octanol–water partition coefficient (Wildman–Crippen LogP) is 2.47. The zero-order valence-corrected chi connectivity index (χ0v) is 8.53. The fourth-order valence-electron chi connectivity index (χ4n) is 1.73. The van der Waals surface area contributed by atoms with Gasteiger partial charge in [-0.15, -0.1) is 0 Å². The van der Waals surface area contributed by atoms with Gasteiger partial charge in [0.15, 0.2) is 0 Å². The molecule has 0 fully saturated rings. The van der Waals surface area contributed by atoms with E-state index >= 15 is 0 Å². The van der Waals surface area contributed by atoms with Crippen molar-refractivity contribution in [2.75, 3.05) is 6.61 Å². The Balaban J connectivity index is 2.28. The van der Waals surface area contributed by atoms with Crippen molar-refractivity contribution in [1.82, 2.24) is 0 Å². The summed E-state index contributed by atoms with van der Waals surface area (Å²) in [5.41, 5.74) is 1.43. The predicted molar refractivity (Wildman–Crippen MR) is 54.7 cm³/mol. The summed E-state index contributed by atoms with van der Waals surface area (Å²) in [5, 5.41) is 9.98. The molecule has 0 saturated heterocycles. The first-order valence-corrected chi connectivity index (χ1v) is 4.95. The lowest BCUT2D eigenvalue weighted by molar-refractivity contribution is 0.118. The van der Waals surface area contributed by atoms with Gasteiger partial charge in [-0.2, -0.15) is 0 Å². The maximum atomic E-state index is 12.9. The lowest BCUT2D eigenvalue weighted by atomic mass is 10.0. The van der Waals surface area contributed by atoms with Crippen LogP contribution in [0, 0.1) is 12.7 Å². The van der Waals surface area contributed by atoms with Crippen LogP contribution in [0.5, 0.6) is 0 Å². The first-order valence-electron chi connectivity index (χ1n) is 4.95. The number of rotatable bonds is 2. The van der Waals surface area contributed by atoms with Crippen molar-refractivity contribution in [2.24, 2.45) is 0 Å². The van der Waals surface area contributed by atoms with Gasteiger partial charge in [0, 0.05) is 6.42 Å². The van der Waals surface area contributed by atoms with Crippen molar-refractivity contribution in [1.29, 1.82) is 0 Å². The Kier molecular flexibility index (Phi) is 2.73. The molecule has 1 unspecified atom stereocenters. The van der Waals surface area contributed by atoms with Crippen LogP contribution in [-0.4, -0.2) is 11.7 Å². The molecule has 0 bridgehead atoms. The van der Waals surface area contributed by atoms with Gasteiger partial charge in [0.1, 0.15) is 17.7 Å². The van der Waals surface area contributed by atoms with Crippen LogP contribution in [0.3, 0.4) is 0 Å². The molecule has 2 nitrogen and oxygen atoms in total. The van der Waals surface area contributed by atoms with Crippen molar-refractivity contribution < 1.29 is 14.2 Å². The Morgan fingerprint density at radius 1 is 1.47 bits per heavy atom. The van der Waals surface area contributed by atoms with E-state index in [1.54, 1.807) is 13.0 Å². The second-order valence-electron chi connectivity index (χ2n) is 3.65. The van der Waals surface area contributed by atoms with Crippen molar-refractivity contribution in [3.8, 4) is 0 Å². The van der Waals surface area contributed by atoms with Crippen LogP contribution < -0.4 is 0 Å². The monoisotopic (exact) mass is 208 g/mol. The van der Waals surface area contributed by atoms with Gasteiger partial charge < -0.3 is 9.84 Å². The minimum atomic E-state index is -0.770. The quantitative estimate of drug-likeness (QED) is 0.809. The largest absolute Gasteiger partial charge is 0.495 e. The van der Waals surface area contributed by atoms with Gasteiger partial charge in [0.2, 0.25) is 0 Å². The molecule has 1 aromatic rings. The minimum absolute atomic E-state index is 0.287. The van der Waals surface area contributed by atoms with Crippen molar-refractivity contribution >= 4 is 0 Å². The summed E-state index contributed by atoms with van der Waals surface area (Å²) in [6, 6.07) is 4.35. The highest BCUT2D eigenvalue weighted by atomic mass is 19.1. The molecule has 1 aliphatic rings. The number of hydrogen-bond acceptors (Lipinski definition) is 2. The van der Waals surface area contributed by atoms with Gasteiger partial charge in [-0.3, -0.25) is 0 Å². The summed E-state index contributed by atoms with van der Waals surface area (Å²) in [6.07, 6.45) is 1.92. The lowest BCUT2D eigenvalue weighted by Gasteiger charge is -2.14. The Morgan fingerprint density at radius 3 is 2.87 bits per heavy atom. The highest BCUT2D eigenvalue weighted by Crippen LogP contribution is 2.28. The Hall–Kier alpha value is -1.35. The second kappa shape index (κ2) is 4.03. The molecular weight excluding hydrogens is 195 g/mol. The number of halogens is 1. The van der Waals surface area contributed by atoms with E-state index < -0.39 is 6.10 Å². The molecule has 1 aromatic carbocycles. The number of aliphatic hydroxyl groups excluding tert-OH is 1. The van der Waals surface area contributed by atoms with E-state index in [9.17, 15) is 9.50 Å². The molecule has 0 aliphatic carbocycles. The summed E-state index contributed by atoms with van der Waals surface area (Å²) < 4.78 is 18.1. The van der Waals surface area contributed by atoms with Gasteiger partial charge in [-0.25, -0.2) is 4.39 Å². The molecule has 2 rings (SSSR count). The first kappa shape index (κ1) is 10.2. The molecule has 0 radical (unpaired) electrons. The topological polar surface area (TPSA) is 29.5 Å². The molecule has 15 heavy (non-hydrogen) atoms. The van der Waals surface area contributed by atoms with Crippen molar-refractivity contribution in [2.45, 2.75) is 19.4 Å². The molecule has 1 atom stereocenters. The van der Waals surface area contributed by atoms with Crippen LogP contribution in [0.25, 0.3) is 0 Å². The first-order chi connectivity index (χ1) is 7.18. The fourth-order valence-corrected chi connectivity index (χ4v) is 1.73. The van der Waals surface area contributed by atoms with Gasteiger partial charge in [-0.05, 0) is 36.3 Å². The number of aliphatic hydroxyl groups is 1. The van der Waals surface area contributed by atoms with Gasteiger partial charge in [0.25, 0.3) is 0 Å². The van der Waals surface area contributed by atoms with E-state index in [1.807, 2.05) is 6.08 Å². The van der Waals surface area contributed by atoms with Crippen LogP contribution in [0.4, 0.5) is 4.39 Å². The third kappa shape index (κ3) is 2.02. The molecule has 1 N–H and O–H groups in total. The molecule has 0 spiro atoms. The summed E-state index contributed by atoms with van der Waals surface area (Å²) in [6.45, 7) is 2.39. The SMILES string of the molecule is Cc1cc(F)ccc1C(O)C1=CCCO1. The van der Waals surface area contributed by atoms with Crippen LogP contribution in [-0.2, 0) is 4.74 Å². The standard InChI is InChI=1S/C12H13FO2/c1-8-7-9(13)4-5-10(8)12(14)11-3-2-6-15-11/h3-5,7,12,14H,2,6H2,1H3.